The molecule has 0 saturated carbocycles. The van der Waals surface area contributed by atoms with Crippen molar-refractivity contribution in [3.63, 3.8) is 0 Å². The summed E-state index contributed by atoms with van der Waals surface area (Å²) in [6, 6.07) is 9.18. The number of carbonyl (C=O) groups is 2. The Bertz CT molecular complexity index is 1190. The van der Waals surface area contributed by atoms with Crippen LogP contribution in [0.15, 0.2) is 42.5 Å². The van der Waals surface area contributed by atoms with Gasteiger partial charge in [-0.3, -0.25) is 13.9 Å². The summed E-state index contributed by atoms with van der Waals surface area (Å²) >= 11 is 0. The van der Waals surface area contributed by atoms with Crippen molar-refractivity contribution in [3.8, 4) is 11.5 Å². The highest BCUT2D eigenvalue weighted by Gasteiger charge is 2.31. The first kappa shape index (κ1) is 27.3. The molecule has 1 aliphatic rings. The van der Waals surface area contributed by atoms with Gasteiger partial charge in [0.25, 0.3) is 0 Å². The first-order valence-corrected chi connectivity index (χ1v) is 13.6. The number of hydrogen-bond donors (Lipinski definition) is 1. The van der Waals surface area contributed by atoms with E-state index in [2.05, 4.69) is 5.32 Å². The Balaban J connectivity index is 1.91. The Hall–Kier alpha value is -3.34. The molecule has 1 aliphatic heterocycles. The van der Waals surface area contributed by atoms with E-state index in [-0.39, 0.29) is 24.2 Å². The van der Waals surface area contributed by atoms with Crippen molar-refractivity contribution in [1.82, 2.24) is 10.2 Å². The Kier molecular flexibility index (Phi) is 8.78. The third kappa shape index (κ3) is 6.87. The van der Waals surface area contributed by atoms with Crippen LogP contribution in [0.25, 0.3) is 0 Å². The van der Waals surface area contributed by atoms with Crippen LogP contribution in [0.3, 0.4) is 0 Å². The van der Waals surface area contributed by atoms with Crippen LogP contribution in [0, 0.1) is 5.82 Å². The molecule has 0 aliphatic carbocycles. The zero-order valence-corrected chi connectivity index (χ0v) is 21.7. The molecule has 2 atom stereocenters. The maximum atomic E-state index is 13.5. The van der Waals surface area contributed by atoms with Crippen molar-refractivity contribution >= 4 is 27.5 Å². The summed E-state index contributed by atoms with van der Waals surface area (Å²) in [5.41, 5.74) is 0.826. The quantitative estimate of drug-likeness (QED) is 0.516. The number of anilines is 1. The monoisotopic (exact) mass is 521 g/mol. The number of sulfonamides is 1. The minimum Gasteiger partial charge on any atom is -0.486 e. The maximum Gasteiger partial charge on any atom is 0.244 e. The summed E-state index contributed by atoms with van der Waals surface area (Å²) in [6.45, 7) is 5.51. The molecule has 9 nitrogen and oxygen atoms in total. The average molecular weight is 522 g/mol. The fourth-order valence-electron chi connectivity index (χ4n) is 3.64. The molecule has 1 N–H and O–H groups in total. The molecule has 2 aromatic rings. The van der Waals surface area contributed by atoms with Crippen molar-refractivity contribution in [2.45, 2.75) is 45.8 Å². The van der Waals surface area contributed by atoms with Crippen LogP contribution >= 0.6 is 0 Å². The summed E-state index contributed by atoms with van der Waals surface area (Å²) in [4.78, 5) is 27.7. The molecule has 0 aromatic heterocycles. The molecule has 2 amide bonds. The van der Waals surface area contributed by atoms with E-state index in [1.54, 1.807) is 13.0 Å². The zero-order chi connectivity index (χ0) is 26.5. The van der Waals surface area contributed by atoms with Crippen LogP contribution in [0.1, 0.15) is 32.8 Å². The van der Waals surface area contributed by atoms with Gasteiger partial charge in [0.1, 0.15) is 31.6 Å². The molecule has 0 fully saturated rings. The van der Waals surface area contributed by atoms with Crippen LogP contribution < -0.4 is 19.1 Å². The average Bonchev–Trinajstić information content (AvgIpc) is 2.85. The van der Waals surface area contributed by atoms with E-state index < -0.39 is 34.3 Å². The van der Waals surface area contributed by atoms with E-state index in [0.717, 1.165) is 10.6 Å². The zero-order valence-electron chi connectivity index (χ0n) is 20.9. The first-order valence-electron chi connectivity index (χ1n) is 11.7. The van der Waals surface area contributed by atoms with Crippen molar-refractivity contribution in [3.05, 3.63) is 53.8 Å². The number of ether oxygens (including phenoxy) is 2. The summed E-state index contributed by atoms with van der Waals surface area (Å²) in [5, 5.41) is 2.85. The van der Waals surface area contributed by atoms with E-state index in [1.165, 1.54) is 41.3 Å². The standard InChI is InChI=1S/C25H32FN3O6S/c1-5-17(2)27-25(31)18(3)28(15-19-6-8-20(26)9-7-19)24(30)16-29(36(4,32)33)21-10-11-22-23(14-21)35-13-12-34-22/h6-11,14,17-18H,5,12-13,15-16H2,1-4H3,(H,27,31)/t17-,18+/m0/s1. The number of nitrogens with zero attached hydrogens (tertiary/aromatic N) is 2. The molecule has 2 aromatic carbocycles. The van der Waals surface area contributed by atoms with Gasteiger partial charge in [-0.05, 0) is 50.1 Å². The Morgan fingerprint density at radius 2 is 1.69 bits per heavy atom. The topological polar surface area (TPSA) is 105 Å². The van der Waals surface area contributed by atoms with Gasteiger partial charge in [0, 0.05) is 18.7 Å². The van der Waals surface area contributed by atoms with Crippen LogP contribution in [-0.4, -0.2) is 63.2 Å². The van der Waals surface area contributed by atoms with Gasteiger partial charge >= 0.3 is 0 Å². The molecule has 0 unspecified atom stereocenters. The second kappa shape index (κ2) is 11.6. The summed E-state index contributed by atoms with van der Waals surface area (Å²) in [6.07, 6.45) is 1.71. The predicted molar refractivity (Wildman–Crippen MR) is 134 cm³/mol. The number of halogens is 1. The highest BCUT2D eigenvalue weighted by molar-refractivity contribution is 7.92. The van der Waals surface area contributed by atoms with Gasteiger partial charge < -0.3 is 19.7 Å². The molecule has 36 heavy (non-hydrogen) atoms. The number of fused-ring (bicyclic) bond motifs is 1. The number of carbonyl (C=O) groups excluding carboxylic acids is 2. The first-order chi connectivity index (χ1) is 17.0. The SMILES string of the molecule is CC[C@H](C)NC(=O)[C@@H](C)N(Cc1ccc(F)cc1)C(=O)CN(c1ccc2c(c1)OCCO2)S(C)(=O)=O. The lowest BCUT2D eigenvalue weighted by Gasteiger charge is -2.32. The maximum absolute atomic E-state index is 13.5. The molecular formula is C25H32FN3O6S. The van der Waals surface area contributed by atoms with Crippen molar-refractivity contribution in [2.75, 3.05) is 30.3 Å². The lowest BCUT2D eigenvalue weighted by atomic mass is 10.1. The highest BCUT2D eigenvalue weighted by atomic mass is 32.2. The Morgan fingerprint density at radius 1 is 1.06 bits per heavy atom. The number of rotatable bonds is 10. The fraction of sp³-hybridized carbons (Fsp3) is 0.440. The smallest absolute Gasteiger partial charge is 0.244 e. The van der Waals surface area contributed by atoms with E-state index in [1.807, 2.05) is 13.8 Å². The van der Waals surface area contributed by atoms with E-state index >= 15 is 0 Å². The number of amides is 2. The lowest BCUT2D eigenvalue weighted by molar-refractivity contribution is -0.139. The molecule has 3 rings (SSSR count). The summed E-state index contributed by atoms with van der Waals surface area (Å²) in [7, 11) is -3.88. The lowest BCUT2D eigenvalue weighted by Crippen LogP contribution is -2.52. The minimum absolute atomic E-state index is 0.00700. The summed E-state index contributed by atoms with van der Waals surface area (Å²) < 4.78 is 50.9. The van der Waals surface area contributed by atoms with Crippen molar-refractivity contribution < 1.29 is 31.9 Å². The number of benzene rings is 2. The van der Waals surface area contributed by atoms with Crippen molar-refractivity contribution in [1.29, 1.82) is 0 Å². The predicted octanol–water partition coefficient (Wildman–Crippen LogP) is 2.69. The van der Waals surface area contributed by atoms with E-state index in [9.17, 15) is 22.4 Å². The molecule has 11 heteroatoms. The molecule has 1 heterocycles. The van der Waals surface area contributed by atoms with Crippen LogP contribution in [0.5, 0.6) is 11.5 Å². The largest absolute Gasteiger partial charge is 0.486 e. The second-order valence-electron chi connectivity index (χ2n) is 8.74. The molecule has 0 bridgehead atoms. The number of hydrogen-bond acceptors (Lipinski definition) is 6. The molecule has 0 saturated heterocycles. The van der Waals surface area contributed by atoms with Crippen LogP contribution in [-0.2, 0) is 26.2 Å². The van der Waals surface area contributed by atoms with Gasteiger partial charge in [0.2, 0.25) is 21.8 Å². The third-order valence-corrected chi connectivity index (χ3v) is 7.07. The fourth-order valence-corrected chi connectivity index (χ4v) is 4.48. The highest BCUT2D eigenvalue weighted by Crippen LogP contribution is 2.34. The van der Waals surface area contributed by atoms with E-state index in [4.69, 9.17) is 9.47 Å². The van der Waals surface area contributed by atoms with E-state index in [0.29, 0.717) is 36.7 Å². The van der Waals surface area contributed by atoms with Crippen LogP contribution in [0.4, 0.5) is 10.1 Å². The molecule has 0 spiro atoms. The van der Waals surface area contributed by atoms with Gasteiger partial charge in [0.05, 0.1) is 11.9 Å². The third-order valence-electron chi connectivity index (χ3n) is 5.93. The normalized spacial score (nSPS) is 14.5. The Morgan fingerprint density at radius 3 is 2.31 bits per heavy atom. The molecular weight excluding hydrogens is 489 g/mol. The van der Waals surface area contributed by atoms with Gasteiger partial charge in [-0.1, -0.05) is 19.1 Å². The number of nitrogens with one attached hydrogen (secondary N) is 1. The molecule has 0 radical (unpaired) electrons. The second-order valence-corrected chi connectivity index (χ2v) is 10.6. The molecule has 196 valence electrons. The minimum atomic E-state index is -3.88. The van der Waals surface area contributed by atoms with Gasteiger partial charge in [0.15, 0.2) is 11.5 Å². The van der Waals surface area contributed by atoms with Crippen LogP contribution in [0.2, 0.25) is 0 Å². The van der Waals surface area contributed by atoms with Gasteiger partial charge in [-0.15, -0.1) is 0 Å². The van der Waals surface area contributed by atoms with Crippen molar-refractivity contribution in [2.24, 2.45) is 0 Å². The van der Waals surface area contributed by atoms with Gasteiger partial charge in [-0.2, -0.15) is 0 Å². The summed E-state index contributed by atoms with van der Waals surface area (Å²) in [5.74, 6) is -0.528. The Labute approximate surface area is 211 Å². The van der Waals surface area contributed by atoms with Gasteiger partial charge in [-0.25, -0.2) is 12.8 Å².